The van der Waals surface area contributed by atoms with Gasteiger partial charge in [0.1, 0.15) is 11.5 Å². The fraction of sp³-hybridized carbons (Fsp3) is 0.214. The third-order valence-electron chi connectivity index (χ3n) is 6.49. The van der Waals surface area contributed by atoms with Gasteiger partial charge in [0.25, 0.3) is 0 Å². The van der Waals surface area contributed by atoms with Crippen LogP contribution >= 0.6 is 23.8 Å². The van der Waals surface area contributed by atoms with Crippen LogP contribution in [0.5, 0.6) is 11.5 Å². The second kappa shape index (κ2) is 9.84. The number of aryl methyl sites for hydroxylation is 1. The number of phenolic OH excluding ortho intramolecular Hbond substituents is 1. The minimum atomic E-state index is -0.174. The highest BCUT2D eigenvalue weighted by Gasteiger charge is 2.42. The molecule has 1 fully saturated rings. The second-order valence-electron chi connectivity index (χ2n) is 8.72. The summed E-state index contributed by atoms with van der Waals surface area (Å²) >= 11 is 12.2. The van der Waals surface area contributed by atoms with Crippen LogP contribution in [-0.2, 0) is 0 Å². The summed E-state index contributed by atoms with van der Waals surface area (Å²) in [4.78, 5) is 6.78. The van der Waals surface area contributed by atoms with Crippen molar-refractivity contribution in [3.05, 3.63) is 101 Å². The monoisotopic (exact) mass is 518 g/mol. The first kappa shape index (κ1) is 24.2. The number of rotatable bonds is 6. The van der Waals surface area contributed by atoms with Crippen molar-refractivity contribution < 1.29 is 9.84 Å². The Balaban J connectivity index is 1.66. The van der Waals surface area contributed by atoms with Gasteiger partial charge in [-0.3, -0.25) is 4.98 Å². The van der Waals surface area contributed by atoms with Crippen molar-refractivity contribution in [1.82, 2.24) is 14.9 Å². The lowest BCUT2D eigenvalue weighted by atomic mass is 9.96. The number of hydrogen-bond acceptors (Lipinski definition) is 4. The third-order valence-corrected chi connectivity index (χ3v) is 7.04. The Morgan fingerprint density at radius 2 is 1.86 bits per heavy atom. The molecule has 0 bridgehead atoms. The maximum Gasteiger partial charge on any atom is 0.174 e. The van der Waals surface area contributed by atoms with Crippen LogP contribution in [0.1, 0.15) is 41.7 Å². The van der Waals surface area contributed by atoms with E-state index in [2.05, 4.69) is 28.2 Å². The molecule has 0 radical (unpaired) electrons. The van der Waals surface area contributed by atoms with Gasteiger partial charge in [-0.1, -0.05) is 17.7 Å². The van der Waals surface area contributed by atoms with Crippen LogP contribution in [-0.4, -0.2) is 26.4 Å². The first-order valence-electron chi connectivity index (χ1n) is 11.8. The number of nitrogens with one attached hydrogen (secondary N) is 1. The Labute approximate surface area is 221 Å². The van der Waals surface area contributed by atoms with E-state index < -0.39 is 0 Å². The van der Waals surface area contributed by atoms with E-state index in [0.717, 1.165) is 34.1 Å². The topological polar surface area (TPSA) is 62.5 Å². The number of phenols is 1. The van der Waals surface area contributed by atoms with Gasteiger partial charge in [0.2, 0.25) is 0 Å². The minimum Gasteiger partial charge on any atom is -0.506 e. The van der Waals surface area contributed by atoms with Gasteiger partial charge < -0.3 is 24.6 Å². The molecule has 2 aromatic heterocycles. The molecule has 0 amide bonds. The van der Waals surface area contributed by atoms with Crippen molar-refractivity contribution in [1.29, 1.82) is 0 Å². The van der Waals surface area contributed by atoms with Gasteiger partial charge in [-0.15, -0.1) is 0 Å². The fourth-order valence-corrected chi connectivity index (χ4v) is 5.46. The zero-order chi connectivity index (χ0) is 25.4. The zero-order valence-electron chi connectivity index (χ0n) is 20.3. The number of ether oxygens (including phenoxy) is 1. The number of hydrogen-bond donors (Lipinski definition) is 2. The molecule has 0 aliphatic carbocycles. The van der Waals surface area contributed by atoms with Crippen molar-refractivity contribution in [2.45, 2.75) is 32.9 Å². The summed E-state index contributed by atoms with van der Waals surface area (Å²) in [5.74, 6) is 0.976. The molecule has 2 atom stereocenters. The third kappa shape index (κ3) is 4.29. The fourth-order valence-electron chi connectivity index (χ4n) is 4.95. The molecule has 2 N–H and O–H groups in total. The molecule has 0 spiro atoms. The predicted octanol–water partition coefficient (Wildman–Crippen LogP) is 6.42. The Kier molecular flexibility index (Phi) is 6.60. The van der Waals surface area contributed by atoms with Crippen LogP contribution in [0.2, 0.25) is 5.02 Å². The quantitative estimate of drug-likeness (QED) is 0.287. The molecule has 36 heavy (non-hydrogen) atoms. The Hall–Kier alpha value is -3.55. The van der Waals surface area contributed by atoms with Crippen LogP contribution in [0.15, 0.2) is 72.9 Å². The van der Waals surface area contributed by atoms with Crippen molar-refractivity contribution in [3.8, 4) is 17.2 Å². The molecule has 5 rings (SSSR count). The van der Waals surface area contributed by atoms with E-state index in [-0.39, 0.29) is 17.8 Å². The molecule has 3 heterocycles. The van der Waals surface area contributed by atoms with E-state index in [1.54, 1.807) is 24.4 Å². The molecule has 184 valence electrons. The summed E-state index contributed by atoms with van der Waals surface area (Å²) in [6.07, 6.45) is 1.80. The number of benzene rings is 2. The van der Waals surface area contributed by atoms with E-state index in [1.807, 2.05) is 60.9 Å². The van der Waals surface area contributed by atoms with Gasteiger partial charge in [-0.2, -0.15) is 0 Å². The number of nitrogens with zero attached hydrogens (tertiary/aromatic N) is 3. The molecule has 6 nitrogen and oxygen atoms in total. The molecular weight excluding hydrogens is 492 g/mol. The van der Waals surface area contributed by atoms with Gasteiger partial charge in [-0.25, -0.2) is 0 Å². The van der Waals surface area contributed by atoms with Crippen molar-refractivity contribution in [3.63, 3.8) is 0 Å². The van der Waals surface area contributed by atoms with Crippen LogP contribution in [0.3, 0.4) is 0 Å². The van der Waals surface area contributed by atoms with E-state index >= 15 is 0 Å². The van der Waals surface area contributed by atoms with Gasteiger partial charge in [0, 0.05) is 28.3 Å². The van der Waals surface area contributed by atoms with E-state index in [9.17, 15) is 5.11 Å². The lowest BCUT2D eigenvalue weighted by Gasteiger charge is -2.28. The Bertz CT molecular complexity index is 1410. The Morgan fingerprint density at radius 3 is 2.56 bits per heavy atom. The van der Waals surface area contributed by atoms with Gasteiger partial charge in [0.05, 0.1) is 30.1 Å². The molecule has 4 aromatic rings. The highest BCUT2D eigenvalue weighted by atomic mass is 35.5. The van der Waals surface area contributed by atoms with Crippen molar-refractivity contribution in [2.75, 3.05) is 11.5 Å². The highest BCUT2D eigenvalue weighted by Crippen LogP contribution is 2.44. The summed E-state index contributed by atoms with van der Waals surface area (Å²) in [7, 11) is 0. The summed E-state index contributed by atoms with van der Waals surface area (Å²) in [6.45, 7) is 6.65. The molecular formula is C28H27ClN4O2S. The molecule has 2 unspecified atom stereocenters. The maximum absolute atomic E-state index is 10.6. The van der Waals surface area contributed by atoms with Crippen LogP contribution < -0.4 is 15.0 Å². The van der Waals surface area contributed by atoms with Crippen LogP contribution in [0.4, 0.5) is 5.69 Å². The average molecular weight is 519 g/mol. The van der Waals surface area contributed by atoms with Gasteiger partial charge >= 0.3 is 0 Å². The van der Waals surface area contributed by atoms with Crippen LogP contribution in [0.25, 0.3) is 5.69 Å². The smallest absolute Gasteiger partial charge is 0.174 e. The number of halogens is 1. The molecule has 2 aromatic carbocycles. The normalized spacial score (nSPS) is 17.3. The van der Waals surface area contributed by atoms with Crippen molar-refractivity contribution in [2.24, 2.45) is 0 Å². The Morgan fingerprint density at radius 1 is 1.08 bits per heavy atom. The molecule has 0 saturated carbocycles. The van der Waals surface area contributed by atoms with Crippen molar-refractivity contribution >= 4 is 34.6 Å². The second-order valence-corrected chi connectivity index (χ2v) is 9.54. The van der Waals surface area contributed by atoms with E-state index in [0.29, 0.717) is 22.4 Å². The number of thiocarbonyl (C=S) groups is 1. The molecule has 8 heteroatoms. The predicted molar refractivity (Wildman–Crippen MR) is 147 cm³/mol. The van der Waals surface area contributed by atoms with E-state index in [1.165, 1.54) is 0 Å². The highest BCUT2D eigenvalue weighted by molar-refractivity contribution is 7.80. The summed E-state index contributed by atoms with van der Waals surface area (Å²) < 4.78 is 7.68. The van der Waals surface area contributed by atoms with E-state index in [4.69, 9.17) is 28.6 Å². The minimum absolute atomic E-state index is 0.164. The largest absolute Gasteiger partial charge is 0.506 e. The first-order valence-corrected chi connectivity index (χ1v) is 12.6. The number of aromatic nitrogens is 2. The van der Waals surface area contributed by atoms with Gasteiger partial charge in [-0.05, 0) is 99.2 Å². The number of aromatic hydroxyl groups is 1. The average Bonchev–Trinajstić information content (AvgIpc) is 3.37. The number of anilines is 1. The first-order chi connectivity index (χ1) is 17.4. The standard InChI is InChI=1S/C28H27ClN4O2S/c1-4-35-21-11-9-20(10-12-21)33-27(26(31-28(33)36)23-7-5-6-14-30-23)22-15-17(2)32(18(22)3)24-16-19(29)8-13-25(24)34/h5-16,26-27,34H,4H2,1-3H3,(H,31,36). The summed E-state index contributed by atoms with van der Waals surface area (Å²) in [6, 6.07) is 20.7. The number of pyridine rings is 1. The maximum atomic E-state index is 10.6. The zero-order valence-corrected chi connectivity index (χ0v) is 21.8. The van der Waals surface area contributed by atoms with Gasteiger partial charge in [0.15, 0.2) is 5.11 Å². The van der Waals surface area contributed by atoms with Crippen LogP contribution in [0, 0.1) is 13.8 Å². The SMILES string of the molecule is CCOc1ccc(N2C(=S)NC(c3ccccn3)C2c2cc(C)n(-c3cc(Cl)ccc3O)c2C)cc1. The summed E-state index contributed by atoms with van der Waals surface area (Å²) in [5.41, 5.74) is 5.52. The lowest BCUT2D eigenvalue weighted by molar-refractivity contribution is 0.340. The molecule has 1 saturated heterocycles. The molecule has 1 aliphatic rings. The molecule has 1 aliphatic heterocycles. The lowest BCUT2D eigenvalue weighted by Crippen LogP contribution is -2.29. The summed E-state index contributed by atoms with van der Waals surface area (Å²) in [5, 5.41) is 15.3.